The van der Waals surface area contributed by atoms with Gasteiger partial charge in [0.25, 0.3) is 5.91 Å². The number of nitrogens with zero attached hydrogens (tertiary/aromatic N) is 4. The van der Waals surface area contributed by atoms with Crippen molar-refractivity contribution in [3.63, 3.8) is 0 Å². The van der Waals surface area contributed by atoms with Crippen LogP contribution in [0.4, 0.5) is 24.8 Å². The van der Waals surface area contributed by atoms with E-state index in [0.717, 1.165) is 18.5 Å². The van der Waals surface area contributed by atoms with Crippen LogP contribution in [-0.2, 0) is 11.8 Å². The van der Waals surface area contributed by atoms with E-state index in [9.17, 15) is 22.8 Å². The summed E-state index contributed by atoms with van der Waals surface area (Å²) in [7, 11) is 1.82. The van der Waals surface area contributed by atoms with Crippen molar-refractivity contribution in [1.29, 1.82) is 0 Å². The summed E-state index contributed by atoms with van der Waals surface area (Å²) in [6, 6.07) is 13.0. The number of ether oxygens (including phenoxy) is 2. The Morgan fingerprint density at radius 2 is 1.89 bits per heavy atom. The fraction of sp³-hybridized carbons (Fsp3) is 0.355. The van der Waals surface area contributed by atoms with Crippen molar-refractivity contribution in [3.8, 4) is 17.2 Å². The highest BCUT2D eigenvalue weighted by molar-refractivity contribution is 5.92. The molecule has 2 amide bonds. The number of likely N-dealkylation sites (tertiary alicyclic amines) is 1. The van der Waals surface area contributed by atoms with Crippen molar-refractivity contribution in [2.75, 3.05) is 25.0 Å². The Morgan fingerprint density at radius 1 is 1.09 bits per heavy atom. The number of aryl methyl sites for hydroxylation is 1. The molecule has 1 fully saturated rings. The second-order valence-corrected chi connectivity index (χ2v) is 10.8. The summed E-state index contributed by atoms with van der Waals surface area (Å²) in [6.07, 6.45) is -1.16. The van der Waals surface area contributed by atoms with E-state index in [2.05, 4.69) is 25.3 Å². The number of alkyl halides is 3. The summed E-state index contributed by atoms with van der Waals surface area (Å²) in [5.74, 6) is 0.769. The first-order chi connectivity index (χ1) is 21.0. The number of rotatable bonds is 11. The number of pyridine rings is 1. The van der Waals surface area contributed by atoms with Gasteiger partial charge in [0.2, 0.25) is 11.9 Å². The van der Waals surface area contributed by atoms with Gasteiger partial charge < -0.3 is 29.6 Å². The van der Waals surface area contributed by atoms with Gasteiger partial charge in [-0.25, -0.2) is 4.98 Å². The fourth-order valence-corrected chi connectivity index (χ4v) is 5.02. The van der Waals surface area contributed by atoms with Crippen molar-refractivity contribution >= 4 is 34.5 Å². The first kappa shape index (κ1) is 30.6. The Balaban J connectivity index is 1.24. The van der Waals surface area contributed by atoms with Gasteiger partial charge >= 0.3 is 6.36 Å². The van der Waals surface area contributed by atoms with Gasteiger partial charge in [-0.3, -0.25) is 14.6 Å². The minimum Gasteiger partial charge on any atom is -0.457 e. The van der Waals surface area contributed by atoms with Gasteiger partial charge in [-0.2, -0.15) is 0 Å². The largest absolute Gasteiger partial charge is 0.573 e. The lowest BCUT2D eigenvalue weighted by Crippen LogP contribution is -2.30. The number of carbonyl (C=O) groups is 2. The van der Waals surface area contributed by atoms with E-state index in [1.165, 1.54) is 18.3 Å². The predicted octanol–water partition coefficient (Wildman–Crippen LogP) is 6.27. The minimum atomic E-state index is -4.78. The normalized spacial score (nSPS) is 13.5. The Kier molecular flexibility index (Phi) is 8.93. The molecule has 0 bridgehead atoms. The van der Waals surface area contributed by atoms with Crippen LogP contribution in [0.3, 0.4) is 0 Å². The van der Waals surface area contributed by atoms with Crippen LogP contribution in [0.25, 0.3) is 11.0 Å². The molecule has 2 aromatic heterocycles. The van der Waals surface area contributed by atoms with E-state index < -0.39 is 6.36 Å². The topological polar surface area (TPSA) is 111 Å². The Bertz CT molecular complexity index is 1670. The quantitative estimate of drug-likeness (QED) is 0.193. The molecule has 4 aromatic rings. The third-order valence-corrected chi connectivity index (χ3v) is 7.23. The molecule has 3 heterocycles. The van der Waals surface area contributed by atoms with Crippen molar-refractivity contribution in [2.24, 2.45) is 7.05 Å². The molecule has 1 aliphatic heterocycles. The molecule has 1 saturated heterocycles. The summed E-state index contributed by atoms with van der Waals surface area (Å²) in [6.45, 7) is 5.39. The smallest absolute Gasteiger partial charge is 0.457 e. The predicted molar refractivity (Wildman–Crippen MR) is 158 cm³/mol. The minimum absolute atomic E-state index is 0.160. The number of anilines is 2. The number of nitrogens with one attached hydrogen (secondary N) is 2. The zero-order valence-corrected chi connectivity index (χ0v) is 24.6. The number of halogens is 3. The maximum Gasteiger partial charge on any atom is 0.573 e. The molecule has 0 spiro atoms. The van der Waals surface area contributed by atoms with Crippen LogP contribution in [0, 0.1) is 0 Å². The van der Waals surface area contributed by atoms with Gasteiger partial charge in [-0.15, -0.1) is 13.2 Å². The van der Waals surface area contributed by atoms with Crippen molar-refractivity contribution in [1.82, 2.24) is 24.8 Å². The van der Waals surface area contributed by atoms with Gasteiger partial charge in [0.15, 0.2) is 0 Å². The van der Waals surface area contributed by atoms with E-state index in [1.807, 2.05) is 22.6 Å². The van der Waals surface area contributed by atoms with Crippen LogP contribution in [0.1, 0.15) is 55.1 Å². The summed E-state index contributed by atoms with van der Waals surface area (Å²) >= 11 is 0. The van der Waals surface area contributed by atoms with Gasteiger partial charge in [0.1, 0.15) is 22.9 Å². The number of imidazole rings is 1. The fourth-order valence-electron chi connectivity index (χ4n) is 5.02. The van der Waals surface area contributed by atoms with Crippen LogP contribution in [-0.4, -0.2) is 57.2 Å². The zero-order valence-electron chi connectivity index (χ0n) is 24.6. The summed E-state index contributed by atoms with van der Waals surface area (Å²) < 4.78 is 50.6. The summed E-state index contributed by atoms with van der Waals surface area (Å²) in [5.41, 5.74) is 2.59. The third-order valence-electron chi connectivity index (χ3n) is 7.23. The second-order valence-electron chi connectivity index (χ2n) is 10.8. The standard InChI is InChI=1S/C31H33F3N6O4/c1-19(2)23-16-20(7-10-27(23)44-31(32,33)34)37-30-38-24-17-21(8-9-26(24)39(30)3)43-22-11-13-35-25(18-22)29(42)36-12-5-15-40-14-4-6-28(40)41/h7-11,13,16-19H,4-6,12,14-15H2,1-3H3,(H,36,42)(H,37,38). The molecule has 44 heavy (non-hydrogen) atoms. The molecule has 10 nitrogen and oxygen atoms in total. The lowest BCUT2D eigenvalue weighted by Gasteiger charge is -2.17. The molecule has 0 radical (unpaired) electrons. The van der Waals surface area contributed by atoms with E-state index >= 15 is 0 Å². The number of carbonyl (C=O) groups excluding carboxylic acids is 2. The summed E-state index contributed by atoms with van der Waals surface area (Å²) in [5, 5.41) is 6.01. The van der Waals surface area contributed by atoms with Crippen molar-refractivity contribution in [3.05, 3.63) is 66.0 Å². The van der Waals surface area contributed by atoms with Crippen LogP contribution in [0.2, 0.25) is 0 Å². The molecule has 232 valence electrons. The first-order valence-electron chi connectivity index (χ1n) is 14.3. The number of fused-ring (bicyclic) bond motifs is 1. The highest BCUT2D eigenvalue weighted by Crippen LogP contribution is 2.35. The number of hydrogen-bond acceptors (Lipinski definition) is 7. The van der Waals surface area contributed by atoms with Gasteiger partial charge in [0, 0.05) is 57.1 Å². The Labute approximate surface area is 252 Å². The van der Waals surface area contributed by atoms with E-state index in [-0.39, 0.29) is 29.2 Å². The molecule has 2 N–H and O–H groups in total. The highest BCUT2D eigenvalue weighted by Gasteiger charge is 2.32. The van der Waals surface area contributed by atoms with Gasteiger partial charge in [-0.05, 0) is 60.7 Å². The zero-order chi connectivity index (χ0) is 31.4. The van der Waals surface area contributed by atoms with Crippen LogP contribution < -0.4 is 20.1 Å². The average Bonchev–Trinajstić information content (AvgIpc) is 3.52. The van der Waals surface area contributed by atoms with E-state index in [1.54, 1.807) is 44.2 Å². The second kappa shape index (κ2) is 12.8. The molecule has 0 aliphatic carbocycles. The molecular weight excluding hydrogens is 577 g/mol. The molecule has 0 saturated carbocycles. The summed E-state index contributed by atoms with van der Waals surface area (Å²) in [4.78, 5) is 35.0. The number of benzene rings is 2. The van der Waals surface area contributed by atoms with Crippen LogP contribution >= 0.6 is 0 Å². The number of amides is 2. The van der Waals surface area contributed by atoms with Gasteiger partial charge in [0.05, 0.1) is 11.0 Å². The Morgan fingerprint density at radius 3 is 2.61 bits per heavy atom. The lowest BCUT2D eigenvalue weighted by molar-refractivity contribution is -0.274. The molecule has 1 aliphatic rings. The van der Waals surface area contributed by atoms with Crippen molar-refractivity contribution < 1.29 is 32.2 Å². The van der Waals surface area contributed by atoms with Crippen LogP contribution in [0.15, 0.2) is 54.7 Å². The third kappa shape index (κ3) is 7.39. The monoisotopic (exact) mass is 610 g/mol. The molecule has 13 heteroatoms. The first-order valence-corrected chi connectivity index (χ1v) is 14.3. The molecule has 5 rings (SSSR count). The Hall–Kier alpha value is -4.81. The molecule has 2 aromatic carbocycles. The SMILES string of the molecule is CC(C)c1cc(Nc2nc3cc(Oc4ccnc(C(=O)NCCCN5CCCC5=O)c4)ccc3n2C)ccc1OC(F)(F)F. The maximum atomic E-state index is 12.8. The number of aromatic nitrogens is 3. The number of hydrogen-bond donors (Lipinski definition) is 2. The molecule has 0 unspecified atom stereocenters. The molecule has 0 atom stereocenters. The van der Waals surface area contributed by atoms with E-state index in [0.29, 0.717) is 60.1 Å². The molecular formula is C31H33F3N6O4. The highest BCUT2D eigenvalue weighted by atomic mass is 19.4. The van der Waals surface area contributed by atoms with E-state index in [4.69, 9.17) is 4.74 Å². The lowest BCUT2D eigenvalue weighted by atomic mass is 10.0. The van der Waals surface area contributed by atoms with Crippen LogP contribution in [0.5, 0.6) is 17.2 Å². The van der Waals surface area contributed by atoms with Gasteiger partial charge in [-0.1, -0.05) is 13.8 Å². The van der Waals surface area contributed by atoms with Crippen molar-refractivity contribution in [2.45, 2.75) is 45.4 Å². The maximum absolute atomic E-state index is 12.8. The average molecular weight is 611 g/mol.